The largest absolute Gasteiger partial charge is 0.483 e. The Hall–Kier alpha value is -3.07. The Labute approximate surface area is 133 Å². The van der Waals surface area contributed by atoms with E-state index in [1.807, 2.05) is 16.8 Å². The number of carbonyl (C=O) groups excluding carboxylic acids is 1. The van der Waals surface area contributed by atoms with Crippen LogP contribution in [0.25, 0.3) is 11.4 Å². The van der Waals surface area contributed by atoms with Crippen LogP contribution in [0.15, 0.2) is 39.5 Å². The predicted octanol–water partition coefficient (Wildman–Crippen LogP) is 3.10. The number of hydrogen-bond acceptors (Lipinski definition) is 8. The van der Waals surface area contributed by atoms with Crippen molar-refractivity contribution < 1.29 is 19.0 Å². The first-order chi connectivity index (χ1) is 11.2. The summed E-state index contributed by atoms with van der Waals surface area (Å²) < 4.78 is 10.5. The summed E-state index contributed by atoms with van der Waals surface area (Å²) in [4.78, 5) is 25.3. The van der Waals surface area contributed by atoms with E-state index >= 15 is 0 Å². The summed E-state index contributed by atoms with van der Waals surface area (Å²) in [6.07, 6.45) is 0.493. The van der Waals surface area contributed by atoms with Crippen LogP contribution >= 0.6 is 11.3 Å². The Morgan fingerprint density at radius 3 is 2.96 bits per heavy atom. The summed E-state index contributed by atoms with van der Waals surface area (Å²) in [7, 11) is 0. The predicted molar refractivity (Wildman–Crippen MR) is 80.4 cm³/mol. The van der Waals surface area contributed by atoms with Crippen LogP contribution in [0.4, 0.5) is 5.69 Å². The van der Waals surface area contributed by atoms with Gasteiger partial charge in [-0.15, -0.1) is 0 Å². The van der Waals surface area contributed by atoms with Crippen LogP contribution in [0.3, 0.4) is 0 Å². The fourth-order valence-electron chi connectivity index (χ4n) is 1.83. The molecule has 0 spiro atoms. The van der Waals surface area contributed by atoms with Gasteiger partial charge in [0.2, 0.25) is 5.82 Å². The first-order valence-electron chi connectivity index (χ1n) is 6.39. The maximum atomic E-state index is 11.0. The molecule has 0 aliphatic heterocycles. The highest BCUT2D eigenvalue weighted by molar-refractivity contribution is 7.08. The summed E-state index contributed by atoms with van der Waals surface area (Å²) >= 11 is 1.52. The summed E-state index contributed by atoms with van der Waals surface area (Å²) in [5.74, 6) is 0.895. The van der Waals surface area contributed by atoms with E-state index in [0.29, 0.717) is 12.1 Å². The van der Waals surface area contributed by atoms with Crippen LogP contribution < -0.4 is 4.74 Å². The van der Waals surface area contributed by atoms with Gasteiger partial charge in [0.15, 0.2) is 12.9 Å². The molecule has 3 aromatic rings. The Morgan fingerprint density at radius 2 is 2.26 bits per heavy atom. The lowest BCUT2D eigenvalue weighted by Gasteiger charge is -2.05. The molecule has 2 heterocycles. The lowest BCUT2D eigenvalue weighted by Crippen LogP contribution is -1.99. The minimum absolute atomic E-state index is 0.0458. The number of carbonyl (C=O) groups is 1. The SMILES string of the molecule is O=Cc1cc([N+](=O)[O-])ccc1OCc1nc(-c2ccsc2)no1. The van der Waals surface area contributed by atoms with Gasteiger partial charge < -0.3 is 9.26 Å². The zero-order chi connectivity index (χ0) is 16.2. The summed E-state index contributed by atoms with van der Waals surface area (Å²) in [6, 6.07) is 5.62. The summed E-state index contributed by atoms with van der Waals surface area (Å²) in [6.45, 7) is -0.0458. The number of nitrogens with zero attached hydrogens (tertiary/aromatic N) is 3. The van der Waals surface area contributed by atoms with Gasteiger partial charge in [0.25, 0.3) is 11.6 Å². The standard InChI is InChI=1S/C14H9N3O5S/c18-6-10-5-11(17(19)20)1-2-12(10)21-7-13-15-14(16-22-13)9-3-4-23-8-9/h1-6,8H,7H2. The average molecular weight is 331 g/mol. The topological polar surface area (TPSA) is 108 Å². The van der Waals surface area contributed by atoms with Gasteiger partial charge in [-0.05, 0) is 17.5 Å². The number of benzene rings is 1. The number of hydrogen-bond donors (Lipinski definition) is 0. The van der Waals surface area contributed by atoms with Crippen molar-refractivity contribution in [2.75, 3.05) is 0 Å². The Kier molecular flexibility index (Phi) is 4.11. The number of thiophene rings is 1. The van der Waals surface area contributed by atoms with Crippen LogP contribution in [0.1, 0.15) is 16.2 Å². The van der Waals surface area contributed by atoms with Crippen molar-refractivity contribution in [3.8, 4) is 17.1 Å². The van der Waals surface area contributed by atoms with Crippen LogP contribution in [-0.4, -0.2) is 21.4 Å². The van der Waals surface area contributed by atoms with E-state index < -0.39 is 4.92 Å². The molecule has 0 saturated heterocycles. The molecule has 9 heteroatoms. The van der Waals surface area contributed by atoms with Crippen molar-refractivity contribution in [1.29, 1.82) is 0 Å². The van der Waals surface area contributed by atoms with Crippen molar-refractivity contribution in [3.05, 3.63) is 56.6 Å². The molecule has 0 saturated carbocycles. The maximum absolute atomic E-state index is 11.0. The highest BCUT2D eigenvalue weighted by Gasteiger charge is 2.13. The highest BCUT2D eigenvalue weighted by atomic mass is 32.1. The van der Waals surface area contributed by atoms with Gasteiger partial charge in [0, 0.05) is 23.1 Å². The van der Waals surface area contributed by atoms with E-state index in [0.717, 1.165) is 11.6 Å². The van der Waals surface area contributed by atoms with Gasteiger partial charge in [0.1, 0.15) is 5.75 Å². The molecule has 0 radical (unpaired) electrons. The third kappa shape index (κ3) is 3.24. The van der Waals surface area contributed by atoms with Gasteiger partial charge in [0.05, 0.1) is 10.5 Å². The second kappa shape index (κ2) is 6.36. The van der Waals surface area contributed by atoms with Crippen molar-refractivity contribution in [2.45, 2.75) is 6.61 Å². The average Bonchev–Trinajstić information content (AvgIpc) is 3.23. The van der Waals surface area contributed by atoms with Crippen molar-refractivity contribution >= 4 is 23.3 Å². The van der Waals surface area contributed by atoms with Crippen molar-refractivity contribution in [2.24, 2.45) is 0 Å². The van der Waals surface area contributed by atoms with E-state index in [4.69, 9.17) is 9.26 Å². The smallest absolute Gasteiger partial charge is 0.270 e. The summed E-state index contributed by atoms with van der Waals surface area (Å²) in [5, 5.41) is 18.3. The molecule has 0 bridgehead atoms. The number of nitro benzene ring substituents is 1. The highest BCUT2D eigenvalue weighted by Crippen LogP contribution is 2.24. The van der Waals surface area contributed by atoms with E-state index in [1.54, 1.807) is 0 Å². The van der Waals surface area contributed by atoms with Crippen LogP contribution in [0.5, 0.6) is 5.75 Å². The Balaban J connectivity index is 1.73. The molecule has 23 heavy (non-hydrogen) atoms. The number of aldehydes is 1. The zero-order valence-corrected chi connectivity index (χ0v) is 12.4. The molecule has 0 N–H and O–H groups in total. The molecule has 2 aromatic heterocycles. The fourth-order valence-corrected chi connectivity index (χ4v) is 2.47. The molecule has 0 aliphatic rings. The molecular weight excluding hydrogens is 322 g/mol. The molecule has 3 rings (SSSR count). The first kappa shape index (κ1) is 14.9. The molecule has 0 aliphatic carbocycles. The first-order valence-corrected chi connectivity index (χ1v) is 7.33. The lowest BCUT2D eigenvalue weighted by atomic mass is 10.2. The number of non-ortho nitro benzene ring substituents is 1. The number of nitro groups is 1. The molecule has 1 aromatic carbocycles. The monoisotopic (exact) mass is 331 g/mol. The minimum atomic E-state index is -0.581. The number of ether oxygens (including phenoxy) is 1. The second-order valence-corrected chi connectivity index (χ2v) is 5.19. The molecule has 0 amide bonds. The van der Waals surface area contributed by atoms with Gasteiger partial charge in [-0.1, -0.05) is 5.16 Å². The molecule has 8 nitrogen and oxygen atoms in total. The molecule has 0 atom stereocenters. The van der Waals surface area contributed by atoms with Gasteiger partial charge in [-0.2, -0.15) is 16.3 Å². The molecular formula is C14H9N3O5S. The Morgan fingerprint density at radius 1 is 1.39 bits per heavy atom. The molecule has 0 fully saturated rings. The lowest BCUT2D eigenvalue weighted by molar-refractivity contribution is -0.384. The number of rotatable bonds is 6. The Bertz CT molecular complexity index is 844. The third-order valence-corrected chi connectivity index (χ3v) is 3.61. The maximum Gasteiger partial charge on any atom is 0.270 e. The summed E-state index contributed by atoms with van der Waals surface area (Å²) in [5.41, 5.74) is 0.739. The normalized spacial score (nSPS) is 10.4. The van der Waals surface area contributed by atoms with Crippen molar-refractivity contribution in [1.82, 2.24) is 10.1 Å². The minimum Gasteiger partial charge on any atom is -0.483 e. The quantitative estimate of drug-likeness (QED) is 0.388. The molecule has 0 unspecified atom stereocenters. The van der Waals surface area contributed by atoms with Crippen LogP contribution in [0.2, 0.25) is 0 Å². The molecule has 116 valence electrons. The van der Waals surface area contributed by atoms with Gasteiger partial charge >= 0.3 is 0 Å². The number of aromatic nitrogens is 2. The van der Waals surface area contributed by atoms with Crippen LogP contribution in [-0.2, 0) is 6.61 Å². The van der Waals surface area contributed by atoms with E-state index in [1.165, 1.54) is 23.5 Å². The van der Waals surface area contributed by atoms with Gasteiger partial charge in [-0.25, -0.2) is 0 Å². The van der Waals surface area contributed by atoms with Crippen molar-refractivity contribution in [3.63, 3.8) is 0 Å². The van der Waals surface area contributed by atoms with E-state index in [2.05, 4.69) is 10.1 Å². The zero-order valence-electron chi connectivity index (χ0n) is 11.5. The second-order valence-electron chi connectivity index (χ2n) is 4.41. The van der Waals surface area contributed by atoms with E-state index in [9.17, 15) is 14.9 Å². The van der Waals surface area contributed by atoms with Crippen LogP contribution in [0, 0.1) is 10.1 Å². The van der Waals surface area contributed by atoms with Gasteiger partial charge in [-0.3, -0.25) is 14.9 Å². The fraction of sp³-hybridized carbons (Fsp3) is 0.0714. The van der Waals surface area contributed by atoms with E-state index in [-0.39, 0.29) is 29.5 Å². The third-order valence-electron chi connectivity index (χ3n) is 2.93.